The van der Waals surface area contributed by atoms with Gasteiger partial charge in [-0.1, -0.05) is 35.8 Å². The lowest BCUT2D eigenvalue weighted by molar-refractivity contribution is 0.672. The molecule has 0 saturated carbocycles. The van der Waals surface area contributed by atoms with Gasteiger partial charge in [-0.15, -0.1) is 0 Å². The van der Waals surface area contributed by atoms with E-state index < -0.39 is 0 Å². The molecule has 108 valence electrons. The molecule has 1 N–H and O–H groups in total. The van der Waals surface area contributed by atoms with E-state index in [1.807, 2.05) is 11.8 Å². The van der Waals surface area contributed by atoms with Gasteiger partial charge in [0.25, 0.3) is 0 Å². The minimum Gasteiger partial charge on any atom is -0.371 e. The van der Waals surface area contributed by atoms with Crippen LogP contribution in [0.3, 0.4) is 0 Å². The number of benzene rings is 1. The topological polar surface area (TPSA) is 15.3 Å². The molecule has 1 aromatic rings. The van der Waals surface area contributed by atoms with Crippen LogP contribution in [0.5, 0.6) is 0 Å². The molecular weight excluding hydrogens is 320 g/mol. The summed E-state index contributed by atoms with van der Waals surface area (Å²) in [6.07, 6.45) is 3.35. The number of thioether (sulfide) groups is 1. The molecule has 0 radical (unpaired) electrons. The molecule has 0 heterocycles. The first-order chi connectivity index (χ1) is 9.13. The van der Waals surface area contributed by atoms with Crippen molar-refractivity contribution in [2.45, 2.75) is 32.9 Å². The maximum Gasteiger partial charge on any atom is 0.0377 e. The quantitative estimate of drug-likeness (QED) is 0.762. The molecule has 0 fully saturated rings. The Balaban J connectivity index is 2.81. The van der Waals surface area contributed by atoms with Crippen molar-refractivity contribution in [2.24, 2.45) is 0 Å². The highest BCUT2D eigenvalue weighted by Crippen LogP contribution is 2.26. The van der Waals surface area contributed by atoms with Crippen LogP contribution in [0.2, 0.25) is 0 Å². The molecule has 1 aromatic carbocycles. The van der Waals surface area contributed by atoms with Crippen molar-refractivity contribution in [3.8, 4) is 0 Å². The highest BCUT2D eigenvalue weighted by Gasteiger charge is 2.13. The number of anilines is 1. The number of halogens is 1. The maximum atomic E-state index is 3.68. The van der Waals surface area contributed by atoms with Gasteiger partial charge < -0.3 is 10.2 Å². The summed E-state index contributed by atoms with van der Waals surface area (Å²) in [6, 6.07) is 7.27. The molecule has 0 aromatic heterocycles. The summed E-state index contributed by atoms with van der Waals surface area (Å²) in [6.45, 7) is 6.30. The lowest BCUT2D eigenvalue weighted by Gasteiger charge is -2.29. The first kappa shape index (κ1) is 16.9. The van der Waals surface area contributed by atoms with Crippen LogP contribution in [-0.2, 0) is 6.54 Å². The van der Waals surface area contributed by atoms with Gasteiger partial charge in [-0.25, -0.2) is 0 Å². The molecule has 0 saturated heterocycles. The molecule has 0 aliphatic rings. The lowest BCUT2D eigenvalue weighted by atomic mass is 10.1. The van der Waals surface area contributed by atoms with Crippen molar-refractivity contribution in [1.82, 2.24) is 5.32 Å². The van der Waals surface area contributed by atoms with Gasteiger partial charge in [0.15, 0.2) is 0 Å². The number of hydrogen-bond acceptors (Lipinski definition) is 3. The average molecular weight is 345 g/mol. The summed E-state index contributed by atoms with van der Waals surface area (Å²) in [4.78, 5) is 2.39. The zero-order valence-corrected chi connectivity index (χ0v) is 14.8. The van der Waals surface area contributed by atoms with Crippen molar-refractivity contribution in [3.05, 3.63) is 28.2 Å². The predicted molar refractivity (Wildman–Crippen MR) is 92.4 cm³/mol. The van der Waals surface area contributed by atoms with Crippen LogP contribution in [0, 0.1) is 0 Å². The van der Waals surface area contributed by atoms with E-state index in [2.05, 4.69) is 71.5 Å². The van der Waals surface area contributed by atoms with Gasteiger partial charge in [-0.3, -0.25) is 0 Å². The van der Waals surface area contributed by atoms with E-state index in [0.29, 0.717) is 6.04 Å². The van der Waals surface area contributed by atoms with Crippen LogP contribution in [0.25, 0.3) is 0 Å². The first-order valence-electron chi connectivity index (χ1n) is 6.84. The van der Waals surface area contributed by atoms with E-state index in [1.165, 1.54) is 27.9 Å². The smallest absolute Gasteiger partial charge is 0.0377 e. The second kappa shape index (κ2) is 8.88. The number of nitrogens with zero attached hydrogens (tertiary/aromatic N) is 1. The molecule has 1 atom stereocenters. The Bertz CT molecular complexity index is 384. The molecular formula is C15H25BrN2S. The van der Waals surface area contributed by atoms with Crippen LogP contribution in [0.4, 0.5) is 5.69 Å². The van der Waals surface area contributed by atoms with Crippen LogP contribution in [-0.4, -0.2) is 31.6 Å². The van der Waals surface area contributed by atoms with Gasteiger partial charge in [0, 0.05) is 35.5 Å². The van der Waals surface area contributed by atoms with Crippen molar-refractivity contribution >= 4 is 33.4 Å². The molecule has 4 heteroatoms. The highest BCUT2D eigenvalue weighted by atomic mass is 79.9. The highest BCUT2D eigenvalue weighted by molar-refractivity contribution is 9.10. The normalized spacial score (nSPS) is 12.5. The zero-order chi connectivity index (χ0) is 14.3. The first-order valence-corrected chi connectivity index (χ1v) is 9.03. The van der Waals surface area contributed by atoms with E-state index in [-0.39, 0.29) is 0 Å². The minimum atomic E-state index is 0.599. The van der Waals surface area contributed by atoms with Crippen molar-refractivity contribution in [1.29, 1.82) is 0 Å². The monoisotopic (exact) mass is 344 g/mol. The largest absolute Gasteiger partial charge is 0.371 e. The second-order valence-corrected chi connectivity index (χ2v) is 6.45. The van der Waals surface area contributed by atoms with Crippen LogP contribution in [0.15, 0.2) is 22.7 Å². The Labute approximate surface area is 130 Å². The Morgan fingerprint density at radius 3 is 2.63 bits per heavy atom. The van der Waals surface area contributed by atoms with Crippen LogP contribution < -0.4 is 10.2 Å². The summed E-state index contributed by atoms with van der Waals surface area (Å²) in [7, 11) is 2.19. The van der Waals surface area contributed by atoms with Crippen LogP contribution >= 0.6 is 27.7 Å². The van der Waals surface area contributed by atoms with Crippen molar-refractivity contribution in [3.63, 3.8) is 0 Å². The van der Waals surface area contributed by atoms with E-state index in [1.54, 1.807) is 0 Å². The molecule has 0 aliphatic carbocycles. The standard InChI is InChI=1S/C15H25BrN2S/c1-5-13(11-19-4)18(3)14-8-7-12(10-17-6-2)15(16)9-14/h7-9,13,17H,5-6,10-11H2,1-4H3. The Hall–Kier alpha value is -0.190. The van der Waals surface area contributed by atoms with Crippen molar-refractivity contribution in [2.75, 3.05) is 30.5 Å². The Morgan fingerprint density at radius 1 is 1.37 bits per heavy atom. The molecule has 2 nitrogen and oxygen atoms in total. The zero-order valence-electron chi connectivity index (χ0n) is 12.4. The van der Waals surface area contributed by atoms with E-state index in [4.69, 9.17) is 0 Å². The third kappa shape index (κ3) is 5.01. The van der Waals surface area contributed by atoms with Crippen molar-refractivity contribution < 1.29 is 0 Å². The van der Waals surface area contributed by atoms with Gasteiger partial charge in [-0.2, -0.15) is 11.8 Å². The van der Waals surface area contributed by atoms with E-state index in [9.17, 15) is 0 Å². The average Bonchev–Trinajstić information content (AvgIpc) is 2.42. The Morgan fingerprint density at radius 2 is 2.11 bits per heavy atom. The molecule has 19 heavy (non-hydrogen) atoms. The SMILES string of the molecule is CCNCc1ccc(N(C)C(CC)CSC)cc1Br. The van der Waals surface area contributed by atoms with Crippen LogP contribution in [0.1, 0.15) is 25.8 Å². The summed E-state index contributed by atoms with van der Waals surface area (Å²) >= 11 is 5.60. The Kier molecular flexibility index (Phi) is 7.88. The van der Waals surface area contributed by atoms with Gasteiger partial charge in [0.05, 0.1) is 0 Å². The predicted octanol–water partition coefficient (Wildman–Crippen LogP) is 4.14. The second-order valence-electron chi connectivity index (χ2n) is 4.68. The van der Waals surface area contributed by atoms with Gasteiger partial charge >= 0.3 is 0 Å². The summed E-state index contributed by atoms with van der Waals surface area (Å²) in [5.41, 5.74) is 2.60. The molecule has 0 aliphatic heterocycles. The summed E-state index contributed by atoms with van der Waals surface area (Å²) < 4.78 is 1.19. The molecule has 1 unspecified atom stereocenters. The van der Waals surface area contributed by atoms with Gasteiger partial charge in [0.1, 0.15) is 0 Å². The molecule has 1 rings (SSSR count). The number of hydrogen-bond donors (Lipinski definition) is 1. The summed E-state index contributed by atoms with van der Waals surface area (Å²) in [5.74, 6) is 1.17. The van der Waals surface area contributed by atoms with Gasteiger partial charge in [0.2, 0.25) is 0 Å². The van der Waals surface area contributed by atoms with Gasteiger partial charge in [-0.05, 0) is 36.9 Å². The molecule has 0 amide bonds. The third-order valence-corrected chi connectivity index (χ3v) is 4.84. The van der Waals surface area contributed by atoms with E-state index >= 15 is 0 Å². The number of rotatable bonds is 8. The van der Waals surface area contributed by atoms with E-state index in [0.717, 1.165) is 13.1 Å². The molecule has 0 spiro atoms. The fourth-order valence-corrected chi connectivity index (χ4v) is 3.42. The third-order valence-electron chi connectivity index (χ3n) is 3.39. The summed E-state index contributed by atoms with van der Waals surface area (Å²) in [5, 5.41) is 3.36. The fourth-order valence-electron chi connectivity index (χ4n) is 2.07. The lowest BCUT2D eigenvalue weighted by Crippen LogP contribution is -2.33. The maximum absolute atomic E-state index is 3.68. The molecule has 0 bridgehead atoms. The fraction of sp³-hybridized carbons (Fsp3) is 0.600. The minimum absolute atomic E-state index is 0.599. The number of nitrogens with one attached hydrogen (secondary N) is 1.